The maximum Gasteiger partial charge on any atom is 0.332 e. The molecule has 0 unspecified atom stereocenters. The van der Waals surface area contributed by atoms with Gasteiger partial charge in [-0.2, -0.15) is 0 Å². The van der Waals surface area contributed by atoms with Gasteiger partial charge in [0.05, 0.1) is 25.7 Å². The summed E-state index contributed by atoms with van der Waals surface area (Å²) in [4.78, 5) is 30.5. The number of pyridine rings is 1. The fourth-order valence-corrected chi connectivity index (χ4v) is 3.35. The number of fused-ring (bicyclic) bond motifs is 1. The van der Waals surface area contributed by atoms with Crippen LogP contribution in [0.1, 0.15) is 11.1 Å². The number of methoxy groups -OCH3 is 1. The quantitative estimate of drug-likeness (QED) is 0.509. The monoisotopic (exact) mass is 407 g/mol. The van der Waals surface area contributed by atoms with Gasteiger partial charge in [-0.05, 0) is 47.5 Å². The van der Waals surface area contributed by atoms with Crippen LogP contribution in [-0.2, 0) is 13.1 Å². The molecule has 0 amide bonds. The Morgan fingerprint density at radius 2 is 1.52 bits per heavy atom. The molecule has 0 atom stereocenters. The molecule has 6 nitrogen and oxygen atoms in total. The average Bonchev–Trinajstić information content (AvgIpc) is 2.76. The van der Waals surface area contributed by atoms with Crippen LogP contribution in [-0.4, -0.2) is 21.2 Å². The van der Waals surface area contributed by atoms with Crippen LogP contribution in [0.2, 0.25) is 5.02 Å². The highest BCUT2D eigenvalue weighted by Crippen LogP contribution is 2.14. The summed E-state index contributed by atoms with van der Waals surface area (Å²) >= 11 is 5.97. The second-order valence-electron chi connectivity index (χ2n) is 6.61. The Labute approximate surface area is 171 Å². The summed E-state index contributed by atoms with van der Waals surface area (Å²) in [6.07, 6.45) is 1.55. The lowest BCUT2D eigenvalue weighted by atomic mass is 10.2. The first-order chi connectivity index (χ1) is 14.1. The number of aromatic nitrogens is 3. The molecular formula is C22H18ClN3O3. The van der Waals surface area contributed by atoms with Crippen molar-refractivity contribution < 1.29 is 4.74 Å². The van der Waals surface area contributed by atoms with Gasteiger partial charge < -0.3 is 4.74 Å². The number of rotatable bonds is 5. The van der Waals surface area contributed by atoms with Crippen molar-refractivity contribution in [3.05, 3.63) is 104 Å². The van der Waals surface area contributed by atoms with E-state index in [1.54, 1.807) is 54.3 Å². The zero-order valence-electron chi connectivity index (χ0n) is 15.7. The minimum absolute atomic E-state index is 0.148. The molecule has 0 fully saturated rings. The topological polar surface area (TPSA) is 66.1 Å². The molecule has 0 aliphatic carbocycles. The molecule has 0 aliphatic rings. The summed E-state index contributed by atoms with van der Waals surface area (Å²) in [5, 5.41) is 0.622. The summed E-state index contributed by atoms with van der Waals surface area (Å²) < 4.78 is 7.95. The first-order valence-corrected chi connectivity index (χ1v) is 9.40. The van der Waals surface area contributed by atoms with Crippen LogP contribution in [0.15, 0.2) is 76.4 Å². The number of nitrogens with zero attached hydrogens (tertiary/aromatic N) is 3. The van der Waals surface area contributed by atoms with Gasteiger partial charge in [0.25, 0.3) is 5.56 Å². The lowest BCUT2D eigenvalue weighted by Crippen LogP contribution is -2.40. The standard InChI is InChI=1S/C22H18ClN3O3/c1-29-18-10-6-16(7-11-18)14-26-21(27)20-19(3-2-12-24-20)25(22(26)28)13-15-4-8-17(23)9-5-15/h2-12H,13-14H2,1H3. The normalized spacial score (nSPS) is 11.0. The molecule has 4 rings (SSSR count). The zero-order valence-corrected chi connectivity index (χ0v) is 16.5. The highest BCUT2D eigenvalue weighted by molar-refractivity contribution is 6.30. The fraction of sp³-hybridized carbons (Fsp3) is 0.136. The smallest absolute Gasteiger partial charge is 0.332 e. The molecule has 0 N–H and O–H groups in total. The minimum Gasteiger partial charge on any atom is -0.497 e. The second-order valence-corrected chi connectivity index (χ2v) is 7.04. The SMILES string of the molecule is COc1ccc(Cn2c(=O)c3ncccc3n(Cc3ccc(Cl)cc3)c2=O)cc1. The van der Waals surface area contributed by atoms with E-state index in [-0.39, 0.29) is 17.8 Å². The van der Waals surface area contributed by atoms with E-state index < -0.39 is 5.56 Å². The molecule has 0 saturated carbocycles. The first-order valence-electron chi connectivity index (χ1n) is 9.02. The number of ether oxygens (including phenoxy) is 1. The number of hydrogen-bond donors (Lipinski definition) is 0. The zero-order chi connectivity index (χ0) is 20.4. The van der Waals surface area contributed by atoms with E-state index in [0.29, 0.717) is 22.8 Å². The van der Waals surface area contributed by atoms with E-state index in [1.165, 1.54) is 4.57 Å². The molecule has 0 bridgehead atoms. The van der Waals surface area contributed by atoms with Crippen molar-refractivity contribution in [2.24, 2.45) is 0 Å². The third kappa shape index (κ3) is 3.79. The highest BCUT2D eigenvalue weighted by atomic mass is 35.5. The third-order valence-corrected chi connectivity index (χ3v) is 4.99. The van der Waals surface area contributed by atoms with Crippen molar-refractivity contribution in [3.63, 3.8) is 0 Å². The molecule has 29 heavy (non-hydrogen) atoms. The average molecular weight is 408 g/mol. The Morgan fingerprint density at radius 1 is 0.897 bits per heavy atom. The lowest BCUT2D eigenvalue weighted by molar-refractivity contribution is 0.414. The largest absolute Gasteiger partial charge is 0.497 e. The predicted molar refractivity (Wildman–Crippen MR) is 113 cm³/mol. The van der Waals surface area contributed by atoms with Crippen LogP contribution in [0.25, 0.3) is 11.0 Å². The molecule has 2 heterocycles. The fourth-order valence-electron chi connectivity index (χ4n) is 3.22. The molecule has 4 aromatic rings. The van der Waals surface area contributed by atoms with Crippen LogP contribution in [0, 0.1) is 0 Å². The second kappa shape index (κ2) is 7.93. The van der Waals surface area contributed by atoms with Crippen LogP contribution < -0.4 is 16.0 Å². The molecule has 7 heteroatoms. The van der Waals surface area contributed by atoms with Crippen molar-refractivity contribution in [2.45, 2.75) is 13.1 Å². The Balaban J connectivity index is 1.84. The van der Waals surface area contributed by atoms with Crippen molar-refractivity contribution >= 4 is 22.6 Å². The molecule has 0 spiro atoms. The van der Waals surface area contributed by atoms with E-state index in [9.17, 15) is 9.59 Å². The van der Waals surface area contributed by atoms with Gasteiger partial charge in [-0.15, -0.1) is 0 Å². The van der Waals surface area contributed by atoms with Crippen molar-refractivity contribution in [1.29, 1.82) is 0 Å². The Kier molecular flexibility index (Phi) is 5.18. The predicted octanol–water partition coefficient (Wildman–Crippen LogP) is 3.32. The van der Waals surface area contributed by atoms with E-state index in [0.717, 1.165) is 11.1 Å². The van der Waals surface area contributed by atoms with Crippen LogP contribution in [0.3, 0.4) is 0 Å². The molecule has 0 saturated heterocycles. The minimum atomic E-state index is -0.409. The Bertz CT molecular complexity index is 1280. The van der Waals surface area contributed by atoms with E-state index in [4.69, 9.17) is 16.3 Å². The van der Waals surface area contributed by atoms with Gasteiger partial charge in [-0.3, -0.25) is 13.9 Å². The molecule has 2 aromatic heterocycles. The molecule has 2 aromatic carbocycles. The van der Waals surface area contributed by atoms with Crippen LogP contribution in [0.5, 0.6) is 5.75 Å². The summed E-state index contributed by atoms with van der Waals surface area (Å²) in [5.41, 5.74) is 1.68. The maximum atomic E-state index is 13.2. The van der Waals surface area contributed by atoms with Crippen LogP contribution in [0.4, 0.5) is 0 Å². The van der Waals surface area contributed by atoms with Gasteiger partial charge in [0.2, 0.25) is 0 Å². The van der Waals surface area contributed by atoms with Gasteiger partial charge in [-0.1, -0.05) is 35.9 Å². The van der Waals surface area contributed by atoms with Crippen LogP contribution >= 0.6 is 11.6 Å². The van der Waals surface area contributed by atoms with E-state index >= 15 is 0 Å². The van der Waals surface area contributed by atoms with Gasteiger partial charge in [0.15, 0.2) is 5.52 Å². The van der Waals surface area contributed by atoms with Crippen molar-refractivity contribution in [1.82, 2.24) is 14.1 Å². The highest BCUT2D eigenvalue weighted by Gasteiger charge is 2.14. The number of benzene rings is 2. The first kappa shape index (κ1) is 19.0. The van der Waals surface area contributed by atoms with E-state index in [1.807, 2.05) is 24.3 Å². The molecule has 0 radical (unpaired) electrons. The Hall–Kier alpha value is -3.38. The van der Waals surface area contributed by atoms with E-state index in [2.05, 4.69) is 4.98 Å². The van der Waals surface area contributed by atoms with Gasteiger partial charge in [0.1, 0.15) is 5.75 Å². The van der Waals surface area contributed by atoms with Gasteiger partial charge >= 0.3 is 5.69 Å². The third-order valence-electron chi connectivity index (χ3n) is 4.74. The molecule has 0 aliphatic heterocycles. The summed E-state index contributed by atoms with van der Waals surface area (Å²) in [6, 6.07) is 18.0. The molecular weight excluding hydrogens is 390 g/mol. The summed E-state index contributed by atoms with van der Waals surface area (Å²) in [7, 11) is 1.59. The summed E-state index contributed by atoms with van der Waals surface area (Å²) in [5.74, 6) is 0.710. The van der Waals surface area contributed by atoms with Crippen molar-refractivity contribution in [2.75, 3.05) is 7.11 Å². The Morgan fingerprint density at radius 3 is 2.17 bits per heavy atom. The number of hydrogen-bond acceptors (Lipinski definition) is 4. The molecule has 146 valence electrons. The maximum absolute atomic E-state index is 13.2. The summed E-state index contributed by atoms with van der Waals surface area (Å²) in [6.45, 7) is 0.454. The number of halogens is 1. The van der Waals surface area contributed by atoms with Gasteiger partial charge in [0, 0.05) is 11.2 Å². The van der Waals surface area contributed by atoms with Gasteiger partial charge in [-0.25, -0.2) is 9.78 Å². The van der Waals surface area contributed by atoms with Crippen molar-refractivity contribution in [3.8, 4) is 5.75 Å². The lowest BCUT2D eigenvalue weighted by Gasteiger charge is -2.14.